The summed E-state index contributed by atoms with van der Waals surface area (Å²) in [6.07, 6.45) is 2.15. The molecule has 3 rings (SSSR count). The van der Waals surface area contributed by atoms with Gasteiger partial charge in [-0.3, -0.25) is 4.79 Å². The number of amides is 1. The van der Waals surface area contributed by atoms with Crippen LogP contribution in [-0.4, -0.2) is 45.3 Å². The van der Waals surface area contributed by atoms with Crippen molar-refractivity contribution in [3.8, 4) is 0 Å². The number of rotatable bonds is 3. The van der Waals surface area contributed by atoms with E-state index < -0.39 is 0 Å². The molecule has 118 valence electrons. The van der Waals surface area contributed by atoms with E-state index in [0.717, 1.165) is 23.6 Å². The maximum Gasteiger partial charge on any atom is 0.290 e. The molecule has 1 aliphatic rings. The van der Waals surface area contributed by atoms with Crippen LogP contribution in [0.3, 0.4) is 0 Å². The number of carbonyl (C=O) groups is 1. The molecule has 1 aliphatic heterocycles. The largest absolute Gasteiger partial charge is 0.456 e. The van der Waals surface area contributed by atoms with Gasteiger partial charge in [-0.15, -0.1) is 10.2 Å². The molecular weight excluding hydrogens is 284 g/mol. The monoisotopic (exact) mass is 304 g/mol. The summed E-state index contributed by atoms with van der Waals surface area (Å²) in [6, 6.07) is 1.92. The van der Waals surface area contributed by atoms with Gasteiger partial charge in [0.1, 0.15) is 18.2 Å². The fraction of sp³-hybridized carbons (Fsp3) is 0.533. The highest BCUT2D eigenvalue weighted by Crippen LogP contribution is 2.23. The number of aryl methyl sites for hydroxylation is 3. The van der Waals surface area contributed by atoms with Crippen LogP contribution in [0.2, 0.25) is 0 Å². The molecule has 1 amide bonds. The Balaban J connectivity index is 1.78. The smallest absolute Gasteiger partial charge is 0.290 e. The highest BCUT2D eigenvalue weighted by molar-refractivity contribution is 5.93. The van der Waals surface area contributed by atoms with Crippen molar-refractivity contribution in [1.82, 2.24) is 19.7 Å². The van der Waals surface area contributed by atoms with Crippen molar-refractivity contribution >= 4 is 5.91 Å². The summed E-state index contributed by atoms with van der Waals surface area (Å²) in [4.78, 5) is 14.4. The molecule has 7 nitrogen and oxygen atoms in total. The first-order valence-corrected chi connectivity index (χ1v) is 7.44. The van der Waals surface area contributed by atoms with Crippen molar-refractivity contribution in [3.63, 3.8) is 0 Å². The van der Waals surface area contributed by atoms with Crippen molar-refractivity contribution in [2.24, 2.45) is 7.05 Å². The lowest BCUT2D eigenvalue weighted by Crippen LogP contribution is -2.43. The molecular formula is C15H20N4O3. The Hall–Kier alpha value is -2.15. The molecule has 2 aromatic heterocycles. The summed E-state index contributed by atoms with van der Waals surface area (Å²) in [7, 11) is 1.86. The maximum atomic E-state index is 12.7. The van der Waals surface area contributed by atoms with E-state index >= 15 is 0 Å². The lowest BCUT2D eigenvalue weighted by Gasteiger charge is -2.31. The fourth-order valence-electron chi connectivity index (χ4n) is 2.65. The molecule has 0 radical (unpaired) electrons. The Morgan fingerprint density at radius 3 is 2.95 bits per heavy atom. The second kappa shape index (κ2) is 5.92. The van der Waals surface area contributed by atoms with Gasteiger partial charge in [0, 0.05) is 25.6 Å². The molecule has 2 aromatic rings. The summed E-state index contributed by atoms with van der Waals surface area (Å²) in [6.45, 7) is 5.38. The quantitative estimate of drug-likeness (QED) is 0.859. The molecule has 1 atom stereocenters. The number of morpholine rings is 1. The second-order valence-electron chi connectivity index (χ2n) is 5.49. The Bertz CT molecular complexity index is 676. The second-order valence-corrected chi connectivity index (χ2v) is 5.49. The van der Waals surface area contributed by atoms with Gasteiger partial charge in [0.2, 0.25) is 0 Å². The van der Waals surface area contributed by atoms with Crippen molar-refractivity contribution in [2.75, 3.05) is 19.7 Å². The highest BCUT2D eigenvalue weighted by Gasteiger charge is 2.30. The van der Waals surface area contributed by atoms with E-state index in [2.05, 4.69) is 10.2 Å². The minimum atomic E-state index is -0.258. The normalized spacial score (nSPS) is 18.7. The zero-order valence-corrected chi connectivity index (χ0v) is 13.1. The summed E-state index contributed by atoms with van der Waals surface area (Å²) < 4.78 is 13.2. The number of ether oxygens (including phenoxy) is 1. The summed E-state index contributed by atoms with van der Waals surface area (Å²) in [5, 5.41) is 7.93. The third-order valence-corrected chi connectivity index (χ3v) is 3.90. The van der Waals surface area contributed by atoms with Crippen LogP contribution in [-0.2, 0) is 18.2 Å². The molecule has 0 bridgehead atoms. The van der Waals surface area contributed by atoms with Crippen LogP contribution >= 0.6 is 0 Å². The van der Waals surface area contributed by atoms with E-state index in [0.29, 0.717) is 25.5 Å². The first kappa shape index (κ1) is 14.8. The van der Waals surface area contributed by atoms with Gasteiger partial charge in [0.15, 0.2) is 11.6 Å². The summed E-state index contributed by atoms with van der Waals surface area (Å²) in [5.41, 5.74) is 0.878. The minimum Gasteiger partial charge on any atom is -0.456 e. The van der Waals surface area contributed by atoms with Crippen LogP contribution in [0.4, 0.5) is 0 Å². The zero-order valence-electron chi connectivity index (χ0n) is 13.1. The third kappa shape index (κ3) is 2.64. The first-order valence-electron chi connectivity index (χ1n) is 7.44. The molecule has 0 aromatic carbocycles. The number of carbonyl (C=O) groups excluding carboxylic acids is 1. The molecule has 0 saturated carbocycles. The van der Waals surface area contributed by atoms with Gasteiger partial charge in [0.05, 0.1) is 13.2 Å². The Morgan fingerprint density at radius 1 is 1.50 bits per heavy atom. The zero-order chi connectivity index (χ0) is 15.7. The van der Waals surface area contributed by atoms with Crippen LogP contribution in [0, 0.1) is 6.92 Å². The number of nitrogens with zero attached hydrogens (tertiary/aromatic N) is 4. The SMILES string of the molecule is CCc1cc(C)c(C(=O)N2CCO[C@H](c3nncn3C)C2)o1. The van der Waals surface area contributed by atoms with Gasteiger partial charge >= 0.3 is 0 Å². The Kier molecular flexibility index (Phi) is 3.98. The number of furan rings is 1. The minimum absolute atomic E-state index is 0.0901. The van der Waals surface area contributed by atoms with Crippen molar-refractivity contribution < 1.29 is 13.9 Å². The van der Waals surface area contributed by atoms with Gasteiger partial charge in [-0.25, -0.2) is 0 Å². The fourth-order valence-corrected chi connectivity index (χ4v) is 2.65. The van der Waals surface area contributed by atoms with Gasteiger partial charge in [-0.1, -0.05) is 6.92 Å². The van der Waals surface area contributed by atoms with E-state index in [-0.39, 0.29) is 12.0 Å². The lowest BCUT2D eigenvalue weighted by molar-refractivity contribution is -0.0290. The van der Waals surface area contributed by atoms with Crippen LogP contribution < -0.4 is 0 Å². The topological polar surface area (TPSA) is 73.4 Å². The lowest BCUT2D eigenvalue weighted by atomic mass is 10.2. The van der Waals surface area contributed by atoms with Crippen LogP contribution in [0.5, 0.6) is 0 Å². The molecule has 1 saturated heterocycles. The maximum absolute atomic E-state index is 12.7. The Labute approximate surface area is 128 Å². The van der Waals surface area contributed by atoms with E-state index in [1.54, 1.807) is 11.2 Å². The first-order chi connectivity index (χ1) is 10.6. The number of aromatic nitrogens is 3. The molecule has 22 heavy (non-hydrogen) atoms. The van der Waals surface area contributed by atoms with Crippen LogP contribution in [0.15, 0.2) is 16.8 Å². The summed E-state index contributed by atoms with van der Waals surface area (Å²) in [5.74, 6) is 1.89. The average molecular weight is 304 g/mol. The molecule has 0 spiro atoms. The molecule has 3 heterocycles. The molecule has 0 unspecified atom stereocenters. The van der Waals surface area contributed by atoms with Gasteiger partial charge in [0.25, 0.3) is 5.91 Å². The predicted molar refractivity (Wildman–Crippen MR) is 78.4 cm³/mol. The molecule has 7 heteroatoms. The van der Waals surface area contributed by atoms with Gasteiger partial charge < -0.3 is 18.6 Å². The number of hydrogen-bond acceptors (Lipinski definition) is 5. The standard InChI is InChI=1S/C15H20N4O3/c1-4-11-7-10(2)13(22-11)15(20)19-5-6-21-12(8-19)14-17-16-9-18(14)3/h7,9,12H,4-6,8H2,1-3H3/t12-/m0/s1. The highest BCUT2D eigenvalue weighted by atomic mass is 16.5. The van der Waals surface area contributed by atoms with Crippen molar-refractivity contribution in [1.29, 1.82) is 0 Å². The van der Waals surface area contributed by atoms with Gasteiger partial charge in [-0.05, 0) is 13.0 Å². The predicted octanol–water partition coefficient (Wildman–Crippen LogP) is 1.49. The van der Waals surface area contributed by atoms with Crippen LogP contribution in [0.1, 0.15) is 40.7 Å². The third-order valence-electron chi connectivity index (χ3n) is 3.90. The van der Waals surface area contributed by atoms with E-state index in [1.807, 2.05) is 31.5 Å². The van der Waals surface area contributed by atoms with E-state index in [4.69, 9.17) is 9.15 Å². The van der Waals surface area contributed by atoms with Crippen molar-refractivity contribution in [3.05, 3.63) is 35.3 Å². The van der Waals surface area contributed by atoms with Crippen molar-refractivity contribution in [2.45, 2.75) is 26.4 Å². The molecule has 0 aliphatic carbocycles. The average Bonchev–Trinajstić information content (AvgIpc) is 3.12. The Morgan fingerprint density at radius 2 is 2.32 bits per heavy atom. The van der Waals surface area contributed by atoms with Crippen LogP contribution in [0.25, 0.3) is 0 Å². The molecule has 0 N–H and O–H groups in total. The van der Waals surface area contributed by atoms with E-state index in [1.165, 1.54) is 0 Å². The number of hydrogen-bond donors (Lipinski definition) is 0. The molecule has 1 fully saturated rings. The summed E-state index contributed by atoms with van der Waals surface area (Å²) >= 11 is 0. The van der Waals surface area contributed by atoms with E-state index in [9.17, 15) is 4.79 Å². The van der Waals surface area contributed by atoms with Gasteiger partial charge in [-0.2, -0.15) is 0 Å².